The van der Waals surface area contributed by atoms with Crippen LogP contribution >= 0.6 is 0 Å². The minimum Gasteiger partial charge on any atom is -0.390 e. The summed E-state index contributed by atoms with van der Waals surface area (Å²) in [6.45, 7) is 9.41. The Balaban J connectivity index is 1.50. The van der Waals surface area contributed by atoms with Gasteiger partial charge in [-0.3, -0.25) is 14.5 Å². The van der Waals surface area contributed by atoms with Crippen molar-refractivity contribution in [3.05, 3.63) is 35.9 Å². The Kier molecular flexibility index (Phi) is 8.77. The Morgan fingerprint density at radius 3 is 2.33 bits per heavy atom. The number of piperidine rings is 1. The number of benzene rings is 1. The van der Waals surface area contributed by atoms with Crippen LogP contribution in [0.4, 0.5) is 0 Å². The molecule has 7 atom stereocenters. The monoisotopic (exact) mass is 497 g/mol. The summed E-state index contributed by atoms with van der Waals surface area (Å²) in [5.74, 6) is 1.73. The van der Waals surface area contributed by atoms with E-state index in [0.29, 0.717) is 30.7 Å². The lowest BCUT2D eigenvalue weighted by Crippen LogP contribution is -2.60. The van der Waals surface area contributed by atoms with E-state index in [1.165, 1.54) is 25.7 Å². The SMILES string of the molecule is CC1CCC1C(=O)N[C@@H](Cc1ccccc1)[C@H](O)CN1C[C@H]2CCCC[C@H]2C[C@H]1C(=O)NC(C)(C)C. The second-order valence-electron chi connectivity index (χ2n) is 12.8. The van der Waals surface area contributed by atoms with Crippen molar-refractivity contribution in [1.29, 1.82) is 0 Å². The molecule has 6 nitrogen and oxygen atoms in total. The van der Waals surface area contributed by atoms with Gasteiger partial charge in [-0.05, 0) is 76.2 Å². The van der Waals surface area contributed by atoms with Crippen molar-refractivity contribution >= 4 is 11.8 Å². The highest BCUT2D eigenvalue weighted by molar-refractivity contribution is 5.82. The third-order valence-electron chi connectivity index (χ3n) is 8.77. The highest BCUT2D eigenvalue weighted by Gasteiger charge is 2.42. The van der Waals surface area contributed by atoms with Gasteiger partial charge in [0.1, 0.15) is 0 Å². The maximum absolute atomic E-state index is 13.4. The zero-order valence-corrected chi connectivity index (χ0v) is 22.7. The predicted octanol–water partition coefficient (Wildman–Crippen LogP) is 3.92. The summed E-state index contributed by atoms with van der Waals surface area (Å²) >= 11 is 0. The molecule has 2 aliphatic carbocycles. The highest BCUT2D eigenvalue weighted by atomic mass is 16.3. The van der Waals surface area contributed by atoms with Crippen molar-refractivity contribution in [2.75, 3.05) is 13.1 Å². The molecule has 0 bridgehead atoms. The first-order chi connectivity index (χ1) is 17.1. The summed E-state index contributed by atoms with van der Waals surface area (Å²) < 4.78 is 0. The maximum Gasteiger partial charge on any atom is 0.237 e. The summed E-state index contributed by atoms with van der Waals surface area (Å²) in [7, 11) is 0. The normalized spacial score (nSPS) is 30.4. The van der Waals surface area contributed by atoms with Crippen molar-refractivity contribution < 1.29 is 14.7 Å². The van der Waals surface area contributed by atoms with Gasteiger partial charge in [-0.2, -0.15) is 0 Å². The average molecular weight is 498 g/mol. The van der Waals surface area contributed by atoms with Gasteiger partial charge in [-0.25, -0.2) is 0 Å². The number of carbonyl (C=O) groups is 2. The number of rotatable bonds is 8. The summed E-state index contributed by atoms with van der Waals surface area (Å²) in [6, 6.07) is 9.44. The molecule has 200 valence electrons. The van der Waals surface area contributed by atoms with Gasteiger partial charge in [0.25, 0.3) is 0 Å². The molecule has 3 aliphatic rings. The van der Waals surface area contributed by atoms with Crippen LogP contribution < -0.4 is 10.6 Å². The first-order valence-corrected chi connectivity index (χ1v) is 14.2. The molecule has 1 aromatic carbocycles. The Bertz CT molecular complexity index is 883. The van der Waals surface area contributed by atoms with Crippen LogP contribution in [-0.4, -0.2) is 58.6 Å². The van der Waals surface area contributed by atoms with Crippen LogP contribution in [0, 0.1) is 23.7 Å². The molecule has 0 spiro atoms. The molecular weight excluding hydrogens is 450 g/mol. The van der Waals surface area contributed by atoms with Crippen LogP contribution in [0.5, 0.6) is 0 Å². The lowest BCUT2D eigenvalue weighted by molar-refractivity contribution is -0.134. The van der Waals surface area contributed by atoms with Gasteiger partial charge >= 0.3 is 0 Å². The molecule has 1 heterocycles. The Morgan fingerprint density at radius 1 is 1.03 bits per heavy atom. The standard InChI is InChI=1S/C30H47N3O3/c1-20-14-15-24(20)28(35)31-25(16-21-10-6-5-7-11-21)27(34)19-33-18-23-13-9-8-12-22(23)17-26(33)29(36)32-30(2,3)4/h5-7,10-11,20,22-27,34H,8-9,12-19H2,1-4H3,(H,31,35)(H,32,36)/t20?,22-,23+,24?,25-,26-,27+/m0/s1. The fraction of sp³-hybridized carbons (Fsp3) is 0.733. The molecule has 4 rings (SSSR count). The number of aliphatic hydroxyl groups excluding tert-OH is 1. The Morgan fingerprint density at radius 2 is 1.72 bits per heavy atom. The van der Waals surface area contributed by atoms with Crippen LogP contribution in [0.1, 0.15) is 78.2 Å². The van der Waals surface area contributed by atoms with Crippen LogP contribution in [0.3, 0.4) is 0 Å². The lowest BCUT2D eigenvalue weighted by atomic mass is 9.72. The molecule has 2 unspecified atom stereocenters. The average Bonchev–Trinajstić information content (AvgIpc) is 2.81. The molecule has 3 fully saturated rings. The van der Waals surface area contributed by atoms with E-state index in [2.05, 4.69) is 22.5 Å². The number of carbonyl (C=O) groups excluding carboxylic acids is 2. The minimum atomic E-state index is -0.755. The second-order valence-corrected chi connectivity index (χ2v) is 12.8. The Hall–Kier alpha value is -1.92. The van der Waals surface area contributed by atoms with E-state index >= 15 is 0 Å². The number of hydrogen-bond donors (Lipinski definition) is 3. The van der Waals surface area contributed by atoms with Gasteiger partial charge in [0, 0.05) is 24.5 Å². The molecule has 0 radical (unpaired) electrons. The molecule has 6 heteroatoms. The van der Waals surface area contributed by atoms with Crippen LogP contribution in [-0.2, 0) is 16.0 Å². The van der Waals surface area contributed by atoms with E-state index in [1.807, 2.05) is 51.1 Å². The fourth-order valence-corrected chi connectivity index (χ4v) is 6.49. The van der Waals surface area contributed by atoms with Crippen LogP contribution in [0.15, 0.2) is 30.3 Å². The van der Waals surface area contributed by atoms with Crippen molar-refractivity contribution in [3.8, 4) is 0 Å². The Labute approximate surface area is 217 Å². The van der Waals surface area contributed by atoms with Crippen molar-refractivity contribution in [2.24, 2.45) is 23.7 Å². The van der Waals surface area contributed by atoms with E-state index in [9.17, 15) is 14.7 Å². The number of aliphatic hydroxyl groups is 1. The smallest absolute Gasteiger partial charge is 0.237 e. The number of fused-ring (bicyclic) bond motifs is 1. The van der Waals surface area contributed by atoms with Crippen molar-refractivity contribution in [2.45, 2.75) is 103 Å². The van der Waals surface area contributed by atoms with Gasteiger partial charge in [0.05, 0.1) is 18.2 Å². The van der Waals surface area contributed by atoms with Gasteiger partial charge < -0.3 is 15.7 Å². The minimum absolute atomic E-state index is 0.0405. The van der Waals surface area contributed by atoms with E-state index in [1.54, 1.807) is 0 Å². The summed E-state index contributed by atoms with van der Waals surface area (Å²) in [5.41, 5.74) is 0.796. The molecule has 1 aliphatic heterocycles. The molecule has 1 saturated heterocycles. The molecule has 3 N–H and O–H groups in total. The quantitative estimate of drug-likeness (QED) is 0.509. The molecule has 2 saturated carbocycles. The highest BCUT2D eigenvalue weighted by Crippen LogP contribution is 2.39. The number of β-amino-alcohol motifs (C(OH)–C–C–N with tert-alkyl or cyclic N) is 1. The van der Waals surface area contributed by atoms with E-state index in [4.69, 9.17) is 0 Å². The van der Waals surface area contributed by atoms with E-state index in [-0.39, 0.29) is 35.4 Å². The summed E-state index contributed by atoms with van der Waals surface area (Å²) in [4.78, 5) is 28.7. The third kappa shape index (κ3) is 6.89. The zero-order chi connectivity index (χ0) is 25.9. The molecule has 0 aromatic heterocycles. The first kappa shape index (κ1) is 27.1. The van der Waals surface area contributed by atoms with Crippen molar-refractivity contribution in [3.63, 3.8) is 0 Å². The van der Waals surface area contributed by atoms with Crippen LogP contribution in [0.25, 0.3) is 0 Å². The fourth-order valence-electron chi connectivity index (χ4n) is 6.49. The maximum atomic E-state index is 13.4. The number of nitrogens with one attached hydrogen (secondary N) is 2. The van der Waals surface area contributed by atoms with Crippen molar-refractivity contribution in [1.82, 2.24) is 15.5 Å². The zero-order valence-electron chi connectivity index (χ0n) is 22.7. The molecule has 2 amide bonds. The second kappa shape index (κ2) is 11.6. The lowest BCUT2D eigenvalue weighted by Gasteiger charge is -2.47. The van der Waals surface area contributed by atoms with E-state index in [0.717, 1.165) is 31.4 Å². The van der Waals surface area contributed by atoms with Crippen LogP contribution in [0.2, 0.25) is 0 Å². The van der Waals surface area contributed by atoms with E-state index < -0.39 is 6.10 Å². The summed E-state index contributed by atoms with van der Waals surface area (Å²) in [5, 5.41) is 18.0. The third-order valence-corrected chi connectivity index (χ3v) is 8.77. The topological polar surface area (TPSA) is 81.7 Å². The van der Waals surface area contributed by atoms with Gasteiger partial charge in [-0.1, -0.05) is 56.5 Å². The van der Waals surface area contributed by atoms with Gasteiger partial charge in [-0.15, -0.1) is 0 Å². The first-order valence-electron chi connectivity index (χ1n) is 14.2. The number of likely N-dealkylation sites (tertiary alicyclic amines) is 1. The molecule has 36 heavy (non-hydrogen) atoms. The van der Waals surface area contributed by atoms with Gasteiger partial charge in [0.2, 0.25) is 11.8 Å². The summed E-state index contributed by atoms with van der Waals surface area (Å²) in [6.07, 6.45) is 7.60. The predicted molar refractivity (Wildman–Crippen MR) is 143 cm³/mol. The number of amides is 2. The molecule has 1 aromatic rings. The van der Waals surface area contributed by atoms with Gasteiger partial charge in [0.15, 0.2) is 0 Å². The number of hydrogen-bond acceptors (Lipinski definition) is 4. The number of nitrogens with zero attached hydrogens (tertiary/aromatic N) is 1. The molecular formula is C30H47N3O3. The largest absolute Gasteiger partial charge is 0.390 e.